The second-order valence-corrected chi connectivity index (χ2v) is 6.14. The molecule has 0 spiro atoms. The van der Waals surface area contributed by atoms with Crippen molar-refractivity contribution in [3.8, 4) is 5.75 Å². The molecule has 0 saturated carbocycles. The van der Waals surface area contributed by atoms with Gasteiger partial charge >= 0.3 is 0 Å². The number of nitrogens with zero attached hydrogens (tertiary/aromatic N) is 2. The van der Waals surface area contributed by atoms with Crippen molar-refractivity contribution in [2.24, 2.45) is 0 Å². The average Bonchev–Trinajstić information content (AvgIpc) is 3.23. The van der Waals surface area contributed by atoms with Gasteiger partial charge in [0.15, 0.2) is 6.73 Å². The van der Waals surface area contributed by atoms with E-state index in [2.05, 4.69) is 26.3 Å². The average molecular weight is 411 g/mol. The third-order valence-corrected chi connectivity index (χ3v) is 3.98. The molecule has 8 heteroatoms. The minimum Gasteiger partial charge on any atom is -0.470 e. The molecule has 24 heavy (non-hydrogen) atoms. The van der Waals surface area contributed by atoms with Crippen LogP contribution in [-0.4, -0.2) is 15.7 Å². The van der Waals surface area contributed by atoms with Crippen LogP contribution in [-0.2, 0) is 13.3 Å². The lowest BCUT2D eigenvalue weighted by Crippen LogP contribution is -2.23. The summed E-state index contributed by atoms with van der Waals surface area (Å²) in [6.07, 6.45) is 3.23. The summed E-state index contributed by atoms with van der Waals surface area (Å²) in [6.45, 7) is 0.485. The summed E-state index contributed by atoms with van der Waals surface area (Å²) in [5.41, 5.74) is 0.306. The Morgan fingerprint density at radius 1 is 1.38 bits per heavy atom. The smallest absolute Gasteiger partial charge is 0.272 e. The number of ether oxygens (including phenoxy) is 1. The van der Waals surface area contributed by atoms with E-state index in [0.717, 1.165) is 4.47 Å². The highest BCUT2D eigenvalue weighted by Crippen LogP contribution is 2.28. The number of halogens is 2. The molecule has 1 amide bonds. The molecule has 0 bridgehead atoms. The summed E-state index contributed by atoms with van der Waals surface area (Å²) >= 11 is 9.26. The van der Waals surface area contributed by atoms with Crippen LogP contribution in [0.5, 0.6) is 5.75 Å². The maximum atomic E-state index is 12.0. The summed E-state index contributed by atoms with van der Waals surface area (Å²) in [4.78, 5) is 12.0. The van der Waals surface area contributed by atoms with Gasteiger partial charge in [-0.3, -0.25) is 4.79 Å². The van der Waals surface area contributed by atoms with Crippen molar-refractivity contribution in [3.05, 3.63) is 69.8 Å². The number of hydrogen-bond donors (Lipinski definition) is 1. The molecule has 0 unspecified atom stereocenters. The fourth-order valence-corrected chi connectivity index (χ4v) is 2.75. The quantitative estimate of drug-likeness (QED) is 0.670. The Labute approximate surface area is 151 Å². The number of amides is 1. The molecule has 2 aromatic heterocycles. The molecule has 0 fully saturated rings. The standard InChI is InChI=1S/C16H13BrClN3O3/c17-13-8-11(18)3-4-15(13)24-10-21-6-5-14(20-21)16(22)19-9-12-2-1-7-23-12/h1-8H,9-10H2,(H,19,22). The van der Waals surface area contributed by atoms with Crippen molar-refractivity contribution in [2.75, 3.05) is 0 Å². The highest BCUT2D eigenvalue weighted by Gasteiger charge is 2.10. The van der Waals surface area contributed by atoms with E-state index in [9.17, 15) is 4.79 Å². The predicted molar refractivity (Wildman–Crippen MR) is 91.9 cm³/mol. The number of carbonyl (C=O) groups is 1. The predicted octanol–water partition coefficient (Wildman–Crippen LogP) is 3.86. The number of nitrogens with one attached hydrogen (secondary N) is 1. The van der Waals surface area contributed by atoms with Crippen LogP contribution in [0.3, 0.4) is 0 Å². The van der Waals surface area contributed by atoms with E-state index in [1.54, 1.807) is 48.9 Å². The Balaban J connectivity index is 1.55. The number of furan rings is 1. The molecular weight excluding hydrogens is 398 g/mol. The van der Waals surface area contributed by atoms with Gasteiger partial charge in [-0.05, 0) is 52.3 Å². The number of benzene rings is 1. The maximum Gasteiger partial charge on any atom is 0.272 e. The number of rotatable bonds is 6. The summed E-state index contributed by atoms with van der Waals surface area (Å²) in [5, 5.41) is 7.53. The Morgan fingerprint density at radius 2 is 2.25 bits per heavy atom. The first kappa shape index (κ1) is 16.6. The monoisotopic (exact) mass is 409 g/mol. The van der Waals surface area contributed by atoms with Crippen LogP contribution in [0.25, 0.3) is 0 Å². The first-order chi connectivity index (χ1) is 11.6. The third kappa shape index (κ3) is 4.18. The van der Waals surface area contributed by atoms with E-state index in [4.69, 9.17) is 20.8 Å². The molecular formula is C16H13BrClN3O3. The van der Waals surface area contributed by atoms with Crippen LogP contribution >= 0.6 is 27.5 Å². The SMILES string of the molecule is O=C(NCc1ccco1)c1ccn(COc2ccc(Cl)cc2Br)n1. The van der Waals surface area contributed by atoms with Crippen LogP contribution in [0.2, 0.25) is 5.02 Å². The van der Waals surface area contributed by atoms with Crippen LogP contribution in [0.15, 0.2) is 57.7 Å². The number of aromatic nitrogens is 2. The Morgan fingerprint density at radius 3 is 3.00 bits per heavy atom. The summed E-state index contributed by atoms with van der Waals surface area (Å²) < 4.78 is 13.1. The largest absolute Gasteiger partial charge is 0.470 e. The van der Waals surface area contributed by atoms with E-state index < -0.39 is 0 Å². The van der Waals surface area contributed by atoms with Crippen molar-refractivity contribution in [1.29, 1.82) is 0 Å². The van der Waals surface area contributed by atoms with Gasteiger partial charge in [-0.15, -0.1) is 0 Å². The fraction of sp³-hybridized carbons (Fsp3) is 0.125. The molecule has 1 N–H and O–H groups in total. The highest BCUT2D eigenvalue weighted by atomic mass is 79.9. The van der Waals surface area contributed by atoms with Crippen molar-refractivity contribution in [1.82, 2.24) is 15.1 Å². The van der Waals surface area contributed by atoms with Crippen molar-refractivity contribution in [2.45, 2.75) is 13.3 Å². The molecule has 0 aliphatic heterocycles. The van der Waals surface area contributed by atoms with Crippen LogP contribution in [0.4, 0.5) is 0 Å². The Bertz CT molecular complexity index is 833. The Hall–Kier alpha value is -2.25. The van der Waals surface area contributed by atoms with Gasteiger partial charge in [0, 0.05) is 11.2 Å². The molecule has 2 heterocycles. The normalized spacial score (nSPS) is 10.6. The molecule has 0 radical (unpaired) electrons. The minimum atomic E-state index is -0.280. The summed E-state index contributed by atoms with van der Waals surface area (Å²) in [7, 11) is 0. The van der Waals surface area contributed by atoms with Gasteiger partial charge in [-0.2, -0.15) is 5.10 Å². The molecule has 0 aliphatic rings. The van der Waals surface area contributed by atoms with Crippen LogP contribution < -0.4 is 10.1 Å². The van der Waals surface area contributed by atoms with Gasteiger partial charge in [0.2, 0.25) is 0 Å². The molecule has 0 saturated heterocycles. The second kappa shape index (κ2) is 7.55. The molecule has 0 atom stereocenters. The first-order valence-corrected chi connectivity index (χ1v) is 8.21. The molecule has 124 valence electrons. The summed E-state index contributed by atoms with van der Waals surface area (Å²) in [5.74, 6) is 1.04. The summed E-state index contributed by atoms with van der Waals surface area (Å²) in [6, 6.07) is 10.4. The number of carbonyl (C=O) groups excluding carboxylic acids is 1. The van der Waals surface area contributed by atoms with E-state index in [-0.39, 0.29) is 12.6 Å². The van der Waals surface area contributed by atoms with E-state index >= 15 is 0 Å². The lowest BCUT2D eigenvalue weighted by molar-refractivity contribution is 0.0941. The number of hydrogen-bond acceptors (Lipinski definition) is 4. The van der Waals surface area contributed by atoms with Crippen LogP contribution in [0, 0.1) is 0 Å². The van der Waals surface area contributed by atoms with E-state index in [1.807, 2.05) is 0 Å². The minimum absolute atomic E-state index is 0.172. The van der Waals surface area contributed by atoms with Gasteiger partial charge in [0.1, 0.15) is 17.2 Å². The van der Waals surface area contributed by atoms with Gasteiger partial charge in [-0.1, -0.05) is 11.6 Å². The lowest BCUT2D eigenvalue weighted by Gasteiger charge is -2.08. The van der Waals surface area contributed by atoms with Gasteiger partial charge in [0.05, 0.1) is 17.3 Å². The van der Waals surface area contributed by atoms with Gasteiger partial charge in [-0.25, -0.2) is 4.68 Å². The van der Waals surface area contributed by atoms with Gasteiger partial charge < -0.3 is 14.5 Å². The van der Waals surface area contributed by atoms with Crippen molar-refractivity contribution < 1.29 is 13.9 Å². The van der Waals surface area contributed by atoms with Crippen molar-refractivity contribution >= 4 is 33.4 Å². The maximum absolute atomic E-state index is 12.0. The molecule has 3 aromatic rings. The molecule has 3 rings (SSSR count). The Kier molecular flexibility index (Phi) is 5.22. The zero-order valence-corrected chi connectivity index (χ0v) is 14.8. The van der Waals surface area contributed by atoms with Gasteiger partial charge in [0.25, 0.3) is 5.91 Å². The zero-order chi connectivity index (χ0) is 16.9. The molecule has 1 aromatic carbocycles. The lowest BCUT2D eigenvalue weighted by atomic mass is 10.3. The van der Waals surface area contributed by atoms with Crippen LogP contribution in [0.1, 0.15) is 16.2 Å². The first-order valence-electron chi connectivity index (χ1n) is 7.04. The fourth-order valence-electron chi connectivity index (χ4n) is 1.95. The van der Waals surface area contributed by atoms with Crippen molar-refractivity contribution in [3.63, 3.8) is 0 Å². The van der Waals surface area contributed by atoms with E-state index in [0.29, 0.717) is 28.8 Å². The second-order valence-electron chi connectivity index (χ2n) is 4.85. The topological polar surface area (TPSA) is 69.3 Å². The molecule has 0 aliphatic carbocycles. The molecule has 6 nitrogen and oxygen atoms in total. The van der Waals surface area contributed by atoms with E-state index in [1.165, 1.54) is 4.68 Å². The highest BCUT2D eigenvalue weighted by molar-refractivity contribution is 9.10. The third-order valence-electron chi connectivity index (χ3n) is 3.12. The zero-order valence-electron chi connectivity index (χ0n) is 12.4.